The van der Waals surface area contributed by atoms with E-state index in [1.54, 1.807) is 61.7 Å². The van der Waals surface area contributed by atoms with Crippen LogP contribution in [0.2, 0.25) is 10.0 Å². The summed E-state index contributed by atoms with van der Waals surface area (Å²) in [4.78, 5) is 12.2. The maximum atomic E-state index is 12.7. The van der Waals surface area contributed by atoms with Crippen LogP contribution in [-0.4, -0.2) is 21.4 Å². The number of rotatable bonds is 7. The van der Waals surface area contributed by atoms with Crippen molar-refractivity contribution in [1.82, 2.24) is 0 Å². The first kappa shape index (κ1) is 22.7. The van der Waals surface area contributed by atoms with Crippen molar-refractivity contribution >= 4 is 56.6 Å². The van der Waals surface area contributed by atoms with Gasteiger partial charge in [0.15, 0.2) is 0 Å². The Morgan fingerprint density at radius 3 is 2.29 bits per heavy atom. The van der Waals surface area contributed by atoms with E-state index in [-0.39, 0.29) is 15.6 Å². The van der Waals surface area contributed by atoms with E-state index in [1.807, 2.05) is 0 Å². The van der Waals surface area contributed by atoms with Gasteiger partial charge in [-0.25, -0.2) is 8.42 Å². The van der Waals surface area contributed by atoms with Crippen LogP contribution in [0.4, 0.5) is 11.4 Å². The number of amides is 1. The molecule has 3 aromatic carbocycles. The molecule has 3 aromatic rings. The van der Waals surface area contributed by atoms with Gasteiger partial charge in [-0.2, -0.15) is 0 Å². The minimum atomic E-state index is -3.90. The first-order chi connectivity index (χ1) is 14.8. The summed E-state index contributed by atoms with van der Waals surface area (Å²) in [6.45, 7) is 0. The van der Waals surface area contributed by atoms with Gasteiger partial charge in [-0.1, -0.05) is 35.3 Å². The molecule has 0 aliphatic rings. The van der Waals surface area contributed by atoms with E-state index in [0.717, 1.165) is 5.56 Å². The van der Waals surface area contributed by atoms with Gasteiger partial charge in [-0.05, 0) is 66.2 Å². The summed E-state index contributed by atoms with van der Waals surface area (Å²) >= 11 is 12.0. The Hall–Kier alpha value is -3.00. The molecule has 0 atom stereocenters. The third kappa shape index (κ3) is 6.24. The Morgan fingerprint density at radius 2 is 1.65 bits per heavy atom. The minimum absolute atomic E-state index is 0.0544. The lowest BCUT2D eigenvalue weighted by Crippen LogP contribution is -2.14. The number of ether oxygens (including phenoxy) is 1. The van der Waals surface area contributed by atoms with Crippen LogP contribution in [0.1, 0.15) is 5.56 Å². The van der Waals surface area contributed by atoms with Gasteiger partial charge < -0.3 is 10.1 Å². The van der Waals surface area contributed by atoms with Crippen LogP contribution in [0.25, 0.3) is 6.08 Å². The van der Waals surface area contributed by atoms with Gasteiger partial charge in [0, 0.05) is 16.8 Å². The highest BCUT2D eigenvalue weighted by atomic mass is 35.5. The lowest BCUT2D eigenvalue weighted by molar-refractivity contribution is -0.111. The summed E-state index contributed by atoms with van der Waals surface area (Å²) in [5, 5.41) is 3.29. The Morgan fingerprint density at radius 1 is 0.968 bits per heavy atom. The average Bonchev–Trinajstić information content (AvgIpc) is 2.75. The number of nitrogens with one attached hydrogen (secondary N) is 2. The fourth-order valence-corrected chi connectivity index (χ4v) is 3.94. The van der Waals surface area contributed by atoms with Crippen molar-refractivity contribution in [1.29, 1.82) is 0 Å². The van der Waals surface area contributed by atoms with E-state index in [2.05, 4.69) is 10.0 Å². The van der Waals surface area contributed by atoms with Crippen molar-refractivity contribution in [3.05, 3.63) is 88.4 Å². The van der Waals surface area contributed by atoms with Crippen LogP contribution in [0.3, 0.4) is 0 Å². The second-order valence-corrected chi connectivity index (χ2v) is 8.88. The number of anilines is 2. The van der Waals surface area contributed by atoms with E-state index in [9.17, 15) is 13.2 Å². The summed E-state index contributed by atoms with van der Waals surface area (Å²) in [6.07, 6.45) is 2.94. The van der Waals surface area contributed by atoms with Crippen molar-refractivity contribution in [2.45, 2.75) is 4.90 Å². The largest absolute Gasteiger partial charge is 0.497 e. The van der Waals surface area contributed by atoms with Crippen molar-refractivity contribution < 1.29 is 17.9 Å². The Kier molecular flexibility index (Phi) is 7.22. The molecule has 160 valence electrons. The van der Waals surface area contributed by atoms with Crippen molar-refractivity contribution in [3.8, 4) is 5.75 Å². The summed E-state index contributed by atoms with van der Waals surface area (Å²) in [5.74, 6) is 0.247. The first-order valence-electron chi connectivity index (χ1n) is 8.98. The highest BCUT2D eigenvalue weighted by Crippen LogP contribution is 2.27. The molecule has 0 heterocycles. The molecule has 0 fully saturated rings. The van der Waals surface area contributed by atoms with Crippen molar-refractivity contribution in [2.24, 2.45) is 0 Å². The number of halogens is 2. The van der Waals surface area contributed by atoms with E-state index in [1.165, 1.54) is 24.3 Å². The van der Waals surface area contributed by atoms with Crippen LogP contribution in [0.5, 0.6) is 5.75 Å². The minimum Gasteiger partial charge on any atom is -0.497 e. The molecular weight excluding hydrogens is 459 g/mol. The highest BCUT2D eigenvalue weighted by Gasteiger charge is 2.17. The topological polar surface area (TPSA) is 84.5 Å². The molecule has 0 unspecified atom stereocenters. The standard InChI is InChI=1S/C22H18Cl2N2O4S/c1-30-18-9-2-15(3-10-18)4-13-22(27)25-21-14-19(11-12-20(21)24)31(28,29)26-17-7-5-16(23)6-8-17/h2-14,26H,1H3,(H,25,27)/b13-4+. The fraction of sp³-hybridized carbons (Fsp3) is 0.0455. The van der Waals surface area contributed by atoms with Crippen LogP contribution in [0, 0.1) is 0 Å². The zero-order valence-corrected chi connectivity index (χ0v) is 18.6. The van der Waals surface area contributed by atoms with E-state index >= 15 is 0 Å². The van der Waals surface area contributed by atoms with Gasteiger partial charge in [0.1, 0.15) is 5.75 Å². The molecule has 2 N–H and O–H groups in total. The molecule has 0 aliphatic carbocycles. The smallest absolute Gasteiger partial charge is 0.261 e. The van der Waals surface area contributed by atoms with E-state index in [0.29, 0.717) is 16.5 Å². The van der Waals surface area contributed by atoms with Gasteiger partial charge in [0.05, 0.1) is 22.7 Å². The van der Waals surface area contributed by atoms with Crippen LogP contribution in [0.15, 0.2) is 77.7 Å². The van der Waals surface area contributed by atoms with Gasteiger partial charge in [-0.3, -0.25) is 9.52 Å². The van der Waals surface area contributed by atoms with Crippen molar-refractivity contribution in [3.63, 3.8) is 0 Å². The van der Waals surface area contributed by atoms with E-state index in [4.69, 9.17) is 27.9 Å². The molecule has 0 saturated heterocycles. The highest BCUT2D eigenvalue weighted by molar-refractivity contribution is 7.92. The Labute approximate surface area is 190 Å². The maximum Gasteiger partial charge on any atom is 0.261 e. The summed E-state index contributed by atoms with van der Waals surface area (Å²) in [7, 11) is -2.33. The van der Waals surface area contributed by atoms with Gasteiger partial charge in [0.2, 0.25) is 5.91 Å². The van der Waals surface area contributed by atoms with E-state index < -0.39 is 15.9 Å². The number of sulfonamides is 1. The molecule has 3 rings (SSSR count). The molecule has 0 aliphatic heterocycles. The summed E-state index contributed by atoms with van der Waals surface area (Å²) in [6, 6.07) is 17.4. The molecule has 6 nitrogen and oxygen atoms in total. The zero-order chi connectivity index (χ0) is 22.4. The normalized spacial score (nSPS) is 11.3. The second-order valence-electron chi connectivity index (χ2n) is 6.35. The van der Waals surface area contributed by atoms with Gasteiger partial charge in [-0.15, -0.1) is 0 Å². The van der Waals surface area contributed by atoms with Crippen LogP contribution < -0.4 is 14.8 Å². The fourth-order valence-electron chi connectivity index (χ4n) is 2.56. The monoisotopic (exact) mass is 476 g/mol. The van der Waals surface area contributed by atoms with Crippen molar-refractivity contribution in [2.75, 3.05) is 17.1 Å². The predicted molar refractivity (Wildman–Crippen MR) is 124 cm³/mol. The summed E-state index contributed by atoms with van der Waals surface area (Å²) < 4.78 is 32.9. The number of benzene rings is 3. The number of carbonyl (C=O) groups excluding carboxylic acids is 1. The number of hydrogen-bond donors (Lipinski definition) is 2. The van der Waals surface area contributed by atoms with Gasteiger partial charge >= 0.3 is 0 Å². The maximum absolute atomic E-state index is 12.7. The quantitative estimate of drug-likeness (QED) is 0.443. The average molecular weight is 477 g/mol. The number of carbonyl (C=O) groups is 1. The van der Waals surface area contributed by atoms with Crippen LogP contribution in [-0.2, 0) is 14.8 Å². The first-order valence-corrected chi connectivity index (χ1v) is 11.2. The molecule has 0 aromatic heterocycles. The van der Waals surface area contributed by atoms with Crippen LogP contribution >= 0.6 is 23.2 Å². The number of methoxy groups -OCH3 is 1. The predicted octanol–water partition coefficient (Wildman–Crippen LogP) is 5.45. The Balaban J connectivity index is 1.74. The molecule has 0 bridgehead atoms. The third-order valence-electron chi connectivity index (χ3n) is 4.15. The molecule has 31 heavy (non-hydrogen) atoms. The second kappa shape index (κ2) is 9.87. The van der Waals surface area contributed by atoms with Gasteiger partial charge in [0.25, 0.3) is 10.0 Å². The SMILES string of the molecule is COc1ccc(/C=C/C(=O)Nc2cc(S(=O)(=O)Nc3ccc(Cl)cc3)ccc2Cl)cc1. The molecule has 0 saturated carbocycles. The summed E-state index contributed by atoms with van der Waals surface area (Å²) in [5.41, 5.74) is 1.32. The molecule has 0 radical (unpaired) electrons. The molecule has 9 heteroatoms. The molecule has 0 spiro atoms. The molecule has 1 amide bonds. The lowest BCUT2D eigenvalue weighted by Gasteiger charge is -2.11. The Bertz CT molecular complexity index is 1210. The zero-order valence-electron chi connectivity index (χ0n) is 16.3. The third-order valence-corrected chi connectivity index (χ3v) is 6.11. The lowest BCUT2D eigenvalue weighted by atomic mass is 10.2. The molecular formula is C22H18Cl2N2O4S. The number of hydrogen-bond acceptors (Lipinski definition) is 4.